The molecule has 1 amide bonds. The van der Waals surface area contributed by atoms with Crippen molar-refractivity contribution in [3.05, 3.63) is 72.2 Å². The molecule has 3 rings (SSSR count). The van der Waals surface area contributed by atoms with Crippen LogP contribution >= 0.6 is 0 Å². The third-order valence-electron chi connectivity index (χ3n) is 4.04. The molecule has 8 nitrogen and oxygen atoms in total. The number of nitrogens with one attached hydrogen (secondary N) is 2. The molecule has 0 radical (unpaired) electrons. The van der Waals surface area contributed by atoms with Gasteiger partial charge in [0.05, 0.1) is 22.7 Å². The molecule has 1 unspecified atom stereocenters. The molecule has 2 aromatic carbocycles. The van der Waals surface area contributed by atoms with Crippen molar-refractivity contribution in [2.24, 2.45) is 0 Å². The Kier molecular flexibility index (Phi) is 7.11. The number of nitrogens with zero attached hydrogens (tertiary/aromatic N) is 2. The van der Waals surface area contributed by atoms with Crippen LogP contribution in [0.5, 0.6) is 0 Å². The Morgan fingerprint density at radius 1 is 1.06 bits per heavy atom. The van der Waals surface area contributed by atoms with Crippen molar-refractivity contribution in [1.82, 2.24) is 9.97 Å². The van der Waals surface area contributed by atoms with E-state index in [-0.39, 0.29) is 23.1 Å². The molecular weight excluding hydrogens is 416 g/mol. The van der Waals surface area contributed by atoms with E-state index in [9.17, 15) is 9.00 Å². The molecule has 0 bridgehead atoms. The number of aromatic nitrogens is 2. The Hall–Kier alpha value is -3.14. The molecule has 0 aliphatic carbocycles. The molecule has 0 fully saturated rings. The van der Waals surface area contributed by atoms with Gasteiger partial charge in [0.25, 0.3) is 5.91 Å². The summed E-state index contributed by atoms with van der Waals surface area (Å²) in [4.78, 5) is 26.6. The monoisotopic (exact) mass is 440 g/mol. The van der Waals surface area contributed by atoms with Crippen molar-refractivity contribution >= 4 is 28.4 Å². The third-order valence-corrected chi connectivity index (χ3v) is 4.55. The van der Waals surface area contributed by atoms with Gasteiger partial charge in [-0.05, 0) is 51.1 Å². The Morgan fingerprint density at radius 2 is 1.74 bits per heavy atom. The van der Waals surface area contributed by atoms with Gasteiger partial charge in [-0.25, -0.2) is 14.2 Å². The predicted octanol–water partition coefficient (Wildman–Crippen LogP) is 4.26. The van der Waals surface area contributed by atoms with E-state index in [1.807, 2.05) is 39.0 Å². The van der Waals surface area contributed by atoms with Crippen LogP contribution in [-0.2, 0) is 21.7 Å². The fraction of sp³-hybridized carbons (Fsp3) is 0.227. The highest BCUT2D eigenvalue weighted by Gasteiger charge is 2.14. The number of rotatable bonds is 7. The molecule has 3 N–H and O–H groups in total. The maximum atomic E-state index is 12.7. The maximum Gasteiger partial charge on any atom is 0.255 e. The first-order chi connectivity index (χ1) is 14.7. The second-order valence-corrected chi connectivity index (χ2v) is 8.65. The van der Waals surface area contributed by atoms with Gasteiger partial charge in [-0.15, -0.1) is 0 Å². The highest BCUT2D eigenvalue weighted by Crippen LogP contribution is 2.24. The van der Waals surface area contributed by atoms with E-state index >= 15 is 0 Å². The average Bonchev–Trinajstić information content (AvgIpc) is 2.72. The molecule has 3 aromatic rings. The quantitative estimate of drug-likeness (QED) is 0.372. The van der Waals surface area contributed by atoms with Crippen LogP contribution in [0.15, 0.2) is 60.8 Å². The summed E-state index contributed by atoms with van der Waals surface area (Å²) < 4.78 is 20.0. The first-order valence-corrected chi connectivity index (χ1v) is 10.8. The van der Waals surface area contributed by atoms with E-state index in [0.29, 0.717) is 22.6 Å². The molecule has 0 saturated heterocycles. The number of hydrogen-bond acceptors (Lipinski definition) is 6. The van der Waals surface area contributed by atoms with Crippen molar-refractivity contribution < 1.29 is 18.4 Å². The lowest BCUT2D eigenvalue weighted by molar-refractivity contribution is 0.0376. The normalized spacial score (nSPS) is 12.3. The Bertz CT molecular complexity index is 1080. The molecule has 1 atom stereocenters. The second-order valence-electron chi connectivity index (χ2n) is 7.72. The smallest absolute Gasteiger partial charge is 0.255 e. The number of carbonyl (C=O) groups excluding carboxylic acids is 1. The number of benzene rings is 2. The minimum Gasteiger partial charge on any atom is -0.320 e. The molecule has 1 aromatic heterocycles. The summed E-state index contributed by atoms with van der Waals surface area (Å²) in [7, 11) is 0. The van der Waals surface area contributed by atoms with Crippen molar-refractivity contribution in [1.29, 1.82) is 0 Å². The van der Waals surface area contributed by atoms with Crippen molar-refractivity contribution in [2.75, 3.05) is 10.8 Å². The molecule has 162 valence electrons. The SMILES string of the molecule is CC(C)(C)ONc1ccccc1NC(=O)c1ccc(-c2ccnc(CS(=O)O)n2)cc1. The minimum atomic E-state index is -2.01. The van der Waals surface area contributed by atoms with Crippen LogP contribution in [0.1, 0.15) is 37.0 Å². The van der Waals surface area contributed by atoms with Gasteiger partial charge >= 0.3 is 0 Å². The fourth-order valence-electron chi connectivity index (χ4n) is 2.62. The summed E-state index contributed by atoms with van der Waals surface area (Å²) in [6.07, 6.45) is 1.54. The zero-order valence-corrected chi connectivity index (χ0v) is 18.3. The second kappa shape index (κ2) is 9.78. The fourth-order valence-corrected chi connectivity index (χ4v) is 2.98. The average molecular weight is 441 g/mol. The highest BCUT2D eigenvalue weighted by molar-refractivity contribution is 7.78. The van der Waals surface area contributed by atoms with Crippen LogP contribution in [0.25, 0.3) is 11.3 Å². The molecule has 31 heavy (non-hydrogen) atoms. The lowest BCUT2D eigenvalue weighted by Crippen LogP contribution is -2.23. The largest absolute Gasteiger partial charge is 0.320 e. The first kappa shape index (κ1) is 22.5. The molecule has 0 aliphatic heterocycles. The van der Waals surface area contributed by atoms with Crippen LogP contribution in [0.2, 0.25) is 0 Å². The topological polar surface area (TPSA) is 113 Å². The van der Waals surface area contributed by atoms with E-state index in [2.05, 4.69) is 20.8 Å². The van der Waals surface area contributed by atoms with Crippen LogP contribution in [0.4, 0.5) is 11.4 Å². The van der Waals surface area contributed by atoms with Gasteiger partial charge in [0.15, 0.2) is 11.1 Å². The van der Waals surface area contributed by atoms with E-state index in [1.54, 1.807) is 36.4 Å². The summed E-state index contributed by atoms with van der Waals surface area (Å²) in [6.45, 7) is 5.77. The third kappa shape index (κ3) is 6.68. The van der Waals surface area contributed by atoms with Crippen LogP contribution in [0, 0.1) is 0 Å². The van der Waals surface area contributed by atoms with Crippen molar-refractivity contribution in [3.63, 3.8) is 0 Å². The highest BCUT2D eigenvalue weighted by atomic mass is 32.2. The van der Waals surface area contributed by atoms with Crippen LogP contribution in [0.3, 0.4) is 0 Å². The molecule has 9 heteroatoms. The summed E-state index contributed by atoms with van der Waals surface area (Å²) in [6, 6.07) is 15.9. The molecule has 1 heterocycles. The van der Waals surface area contributed by atoms with Crippen molar-refractivity contribution in [2.45, 2.75) is 32.1 Å². The van der Waals surface area contributed by atoms with E-state index < -0.39 is 11.1 Å². The molecule has 0 saturated carbocycles. The summed E-state index contributed by atoms with van der Waals surface area (Å²) in [5.74, 6) is -0.127. The van der Waals surface area contributed by atoms with E-state index in [1.165, 1.54) is 6.20 Å². The lowest BCUT2D eigenvalue weighted by atomic mass is 10.1. The minimum absolute atomic E-state index is 0.138. The molecule has 0 aliphatic rings. The van der Waals surface area contributed by atoms with Gasteiger partial charge in [-0.2, -0.15) is 0 Å². The zero-order chi connectivity index (χ0) is 22.4. The van der Waals surface area contributed by atoms with Crippen LogP contribution < -0.4 is 10.8 Å². The van der Waals surface area contributed by atoms with Gasteiger partial charge in [-0.1, -0.05) is 24.3 Å². The number of amides is 1. The van der Waals surface area contributed by atoms with Gasteiger partial charge in [0.2, 0.25) is 0 Å². The Morgan fingerprint density at radius 3 is 2.39 bits per heavy atom. The van der Waals surface area contributed by atoms with E-state index in [4.69, 9.17) is 9.39 Å². The van der Waals surface area contributed by atoms with E-state index in [0.717, 1.165) is 5.56 Å². The summed E-state index contributed by atoms with van der Waals surface area (Å²) >= 11 is -2.01. The first-order valence-electron chi connectivity index (χ1n) is 9.55. The zero-order valence-electron chi connectivity index (χ0n) is 17.5. The lowest BCUT2D eigenvalue weighted by Gasteiger charge is -2.21. The Balaban J connectivity index is 1.73. The maximum absolute atomic E-state index is 12.7. The van der Waals surface area contributed by atoms with Gasteiger partial charge < -0.3 is 9.87 Å². The summed E-state index contributed by atoms with van der Waals surface area (Å²) in [5, 5.41) is 2.88. The van der Waals surface area contributed by atoms with Gasteiger partial charge in [0, 0.05) is 17.3 Å². The molecule has 0 spiro atoms. The molecular formula is C22H24N4O4S. The standard InChI is InChI=1S/C22H24N4O4S/c1-22(2,3)30-26-19-7-5-4-6-18(19)25-21(27)16-10-8-15(9-11-16)17-12-13-23-20(24-17)14-31(28)29/h4-13,26H,14H2,1-3H3,(H,25,27)(H,28,29). The number of anilines is 2. The number of para-hydroxylation sites is 2. The predicted molar refractivity (Wildman–Crippen MR) is 121 cm³/mol. The number of carbonyl (C=O) groups is 1. The van der Waals surface area contributed by atoms with Gasteiger partial charge in [0.1, 0.15) is 11.6 Å². The Labute approximate surface area is 183 Å². The number of hydrogen-bond donors (Lipinski definition) is 3. The van der Waals surface area contributed by atoms with Gasteiger partial charge in [-0.3, -0.25) is 15.1 Å². The van der Waals surface area contributed by atoms with Crippen LogP contribution in [-0.4, -0.2) is 30.2 Å². The van der Waals surface area contributed by atoms with Crippen molar-refractivity contribution in [3.8, 4) is 11.3 Å². The summed E-state index contributed by atoms with van der Waals surface area (Å²) in [5.41, 5.74) is 5.60.